The topological polar surface area (TPSA) is 63.6 Å². The summed E-state index contributed by atoms with van der Waals surface area (Å²) in [5, 5.41) is 4.78. The third-order valence-electron chi connectivity index (χ3n) is 2.33. The zero-order chi connectivity index (χ0) is 13.0. The number of hydrogen-bond acceptors (Lipinski definition) is 6. The Hall–Kier alpha value is -1.69. The van der Waals surface area contributed by atoms with Gasteiger partial charge in [-0.3, -0.25) is 0 Å². The molecule has 2 heterocycles. The lowest BCUT2D eigenvalue weighted by Gasteiger charge is -2.08. The lowest BCUT2D eigenvalue weighted by molar-refractivity contribution is 0.933. The highest BCUT2D eigenvalue weighted by Gasteiger charge is 2.09. The molecular weight excluding hydrogens is 246 g/mol. The Morgan fingerprint density at radius 1 is 1.11 bits per heavy atom. The molecule has 0 bridgehead atoms. The fourth-order valence-corrected chi connectivity index (χ4v) is 2.14. The van der Waals surface area contributed by atoms with Crippen molar-refractivity contribution in [1.29, 1.82) is 0 Å². The Labute approximate surface area is 110 Å². The summed E-state index contributed by atoms with van der Waals surface area (Å²) in [7, 11) is 0. The third kappa shape index (κ3) is 2.95. The van der Waals surface area contributed by atoms with Gasteiger partial charge in [-0.25, -0.2) is 19.9 Å². The van der Waals surface area contributed by atoms with E-state index in [0.29, 0.717) is 5.16 Å². The zero-order valence-corrected chi connectivity index (χ0v) is 11.5. The molecule has 0 atom stereocenters. The second kappa shape index (κ2) is 5.77. The van der Waals surface area contributed by atoms with Crippen molar-refractivity contribution in [2.75, 3.05) is 11.9 Å². The van der Waals surface area contributed by atoms with Crippen LogP contribution < -0.4 is 5.32 Å². The molecule has 0 saturated heterocycles. The largest absolute Gasteiger partial charge is 0.370 e. The third-order valence-corrected chi connectivity index (χ3v) is 3.33. The lowest BCUT2D eigenvalue weighted by Crippen LogP contribution is -2.03. The molecule has 0 aliphatic heterocycles. The zero-order valence-electron chi connectivity index (χ0n) is 10.6. The van der Waals surface area contributed by atoms with Crippen molar-refractivity contribution in [2.24, 2.45) is 0 Å². The molecule has 0 aliphatic carbocycles. The van der Waals surface area contributed by atoms with Gasteiger partial charge in [0.15, 0.2) is 5.16 Å². The second-order valence-corrected chi connectivity index (χ2v) is 4.78. The van der Waals surface area contributed by atoms with Gasteiger partial charge >= 0.3 is 0 Å². The van der Waals surface area contributed by atoms with E-state index >= 15 is 0 Å². The van der Waals surface area contributed by atoms with E-state index in [9.17, 15) is 0 Å². The first-order valence-corrected chi connectivity index (χ1v) is 6.54. The van der Waals surface area contributed by atoms with Gasteiger partial charge in [0.25, 0.3) is 0 Å². The van der Waals surface area contributed by atoms with E-state index in [1.54, 1.807) is 18.7 Å². The average molecular weight is 261 g/mol. The van der Waals surface area contributed by atoms with Crippen LogP contribution in [0.3, 0.4) is 0 Å². The van der Waals surface area contributed by atoms with Gasteiger partial charge in [0.1, 0.15) is 17.2 Å². The minimum absolute atomic E-state index is 0.699. The van der Waals surface area contributed by atoms with Crippen molar-refractivity contribution in [2.45, 2.75) is 31.0 Å². The molecule has 0 radical (unpaired) electrons. The summed E-state index contributed by atoms with van der Waals surface area (Å²) < 4.78 is 0. The number of rotatable bonds is 4. The van der Waals surface area contributed by atoms with Crippen LogP contribution >= 0.6 is 11.8 Å². The molecule has 2 aromatic rings. The van der Waals surface area contributed by atoms with Gasteiger partial charge in [0.2, 0.25) is 0 Å². The quantitative estimate of drug-likeness (QED) is 0.674. The van der Waals surface area contributed by atoms with Crippen LogP contribution in [0.1, 0.15) is 18.1 Å². The first-order valence-electron chi connectivity index (χ1n) is 5.72. The maximum absolute atomic E-state index is 4.27. The summed E-state index contributed by atoms with van der Waals surface area (Å²) in [5.41, 5.74) is 2.07. The van der Waals surface area contributed by atoms with Crippen LogP contribution in [0.5, 0.6) is 0 Å². The molecule has 0 aromatic carbocycles. The highest BCUT2D eigenvalue weighted by atomic mass is 32.2. The predicted molar refractivity (Wildman–Crippen MR) is 71.8 cm³/mol. The number of anilines is 1. The molecule has 18 heavy (non-hydrogen) atoms. The minimum atomic E-state index is 0.699. The van der Waals surface area contributed by atoms with E-state index in [1.807, 2.05) is 20.8 Å². The Morgan fingerprint density at radius 2 is 1.83 bits per heavy atom. The summed E-state index contributed by atoms with van der Waals surface area (Å²) in [6, 6.07) is 0. The number of nitrogens with zero attached hydrogens (tertiary/aromatic N) is 4. The van der Waals surface area contributed by atoms with Crippen LogP contribution in [0.2, 0.25) is 0 Å². The summed E-state index contributed by atoms with van der Waals surface area (Å²) >= 11 is 1.45. The van der Waals surface area contributed by atoms with Crippen LogP contribution in [-0.2, 0) is 0 Å². The van der Waals surface area contributed by atoms with Gasteiger partial charge in [-0.15, -0.1) is 0 Å². The second-order valence-electron chi connectivity index (χ2n) is 3.83. The molecule has 1 N–H and O–H groups in total. The predicted octanol–water partition coefficient (Wildman–Crippen LogP) is 2.47. The highest BCUT2D eigenvalue weighted by molar-refractivity contribution is 7.99. The van der Waals surface area contributed by atoms with Gasteiger partial charge in [-0.05, 0) is 38.1 Å². The molecule has 2 rings (SSSR count). The first-order chi connectivity index (χ1) is 8.70. The molecular formula is C12H15N5S. The molecule has 2 aromatic heterocycles. The summed E-state index contributed by atoms with van der Waals surface area (Å²) in [5.74, 6) is 0.863. The maximum atomic E-state index is 4.27. The minimum Gasteiger partial charge on any atom is -0.370 e. The number of hydrogen-bond donors (Lipinski definition) is 1. The molecule has 0 saturated carbocycles. The van der Waals surface area contributed by atoms with Crippen LogP contribution in [0, 0.1) is 13.8 Å². The van der Waals surface area contributed by atoms with Crippen LogP contribution in [0.25, 0.3) is 0 Å². The molecule has 0 fully saturated rings. The molecule has 5 nitrogen and oxygen atoms in total. The van der Waals surface area contributed by atoms with Gasteiger partial charge in [0, 0.05) is 24.5 Å². The van der Waals surface area contributed by atoms with Crippen molar-refractivity contribution in [3.05, 3.63) is 29.8 Å². The van der Waals surface area contributed by atoms with Crippen molar-refractivity contribution in [3.8, 4) is 0 Å². The molecule has 94 valence electrons. The molecule has 0 unspecified atom stereocenters. The van der Waals surface area contributed by atoms with E-state index in [1.165, 1.54) is 11.8 Å². The monoisotopic (exact) mass is 261 g/mol. The highest BCUT2D eigenvalue weighted by Crippen LogP contribution is 2.27. The van der Waals surface area contributed by atoms with E-state index in [4.69, 9.17) is 0 Å². The van der Waals surface area contributed by atoms with Crippen LogP contribution in [0.15, 0.2) is 28.9 Å². The van der Waals surface area contributed by atoms with Gasteiger partial charge < -0.3 is 5.32 Å². The fourth-order valence-electron chi connectivity index (χ4n) is 1.40. The Morgan fingerprint density at radius 3 is 2.50 bits per heavy atom. The van der Waals surface area contributed by atoms with Crippen LogP contribution in [-0.4, -0.2) is 26.5 Å². The Balaban J connectivity index is 2.23. The number of aromatic nitrogens is 4. The van der Waals surface area contributed by atoms with E-state index in [-0.39, 0.29) is 0 Å². The lowest BCUT2D eigenvalue weighted by atomic mass is 10.3. The first kappa shape index (κ1) is 12.8. The van der Waals surface area contributed by atoms with Gasteiger partial charge in [-0.1, -0.05) is 0 Å². The van der Waals surface area contributed by atoms with Crippen molar-refractivity contribution >= 4 is 17.6 Å². The Bertz CT molecular complexity index is 526. The van der Waals surface area contributed by atoms with Crippen molar-refractivity contribution in [3.63, 3.8) is 0 Å². The SMILES string of the molecule is CCNc1ncnc(Sc2ncc(C)cn2)c1C. The maximum Gasteiger partial charge on any atom is 0.193 e. The number of aryl methyl sites for hydroxylation is 1. The van der Waals surface area contributed by atoms with Crippen molar-refractivity contribution in [1.82, 2.24) is 19.9 Å². The molecule has 6 heteroatoms. The summed E-state index contributed by atoms with van der Waals surface area (Å²) in [4.78, 5) is 17.0. The molecule has 0 amide bonds. The normalized spacial score (nSPS) is 10.4. The summed E-state index contributed by atoms with van der Waals surface area (Å²) in [6.07, 6.45) is 5.16. The molecule has 0 aliphatic rings. The summed E-state index contributed by atoms with van der Waals surface area (Å²) in [6.45, 7) is 6.84. The standard InChI is InChI=1S/C12H15N5S/c1-4-13-10-9(3)11(17-7-16-10)18-12-14-5-8(2)6-15-12/h5-7H,4H2,1-3H3,(H,13,16,17). The van der Waals surface area contributed by atoms with Gasteiger partial charge in [-0.2, -0.15) is 0 Å². The van der Waals surface area contributed by atoms with Crippen molar-refractivity contribution < 1.29 is 0 Å². The van der Waals surface area contributed by atoms with E-state index in [0.717, 1.165) is 28.5 Å². The molecule has 0 spiro atoms. The smallest absolute Gasteiger partial charge is 0.193 e. The van der Waals surface area contributed by atoms with Crippen LogP contribution in [0.4, 0.5) is 5.82 Å². The van der Waals surface area contributed by atoms with E-state index < -0.39 is 0 Å². The van der Waals surface area contributed by atoms with Gasteiger partial charge in [0.05, 0.1) is 0 Å². The average Bonchev–Trinajstić information content (AvgIpc) is 2.37. The fraction of sp³-hybridized carbons (Fsp3) is 0.333. The number of nitrogens with one attached hydrogen (secondary N) is 1. The van der Waals surface area contributed by atoms with E-state index in [2.05, 4.69) is 25.3 Å². The Kier molecular flexibility index (Phi) is 4.09.